The van der Waals surface area contributed by atoms with Crippen molar-refractivity contribution in [1.29, 1.82) is 0 Å². The Labute approximate surface area is 225 Å². The molecule has 1 aromatic carbocycles. The quantitative estimate of drug-likeness (QED) is 0.537. The van der Waals surface area contributed by atoms with Gasteiger partial charge in [0.05, 0.1) is 12.6 Å². The number of nitrogens with zero attached hydrogens (tertiary/aromatic N) is 2. The predicted octanol–water partition coefficient (Wildman–Crippen LogP) is 3.92. The Bertz CT molecular complexity index is 1230. The molecule has 0 saturated heterocycles. The minimum Gasteiger partial charge on any atom is -0.482 e. The first-order chi connectivity index (χ1) is 18.4. The van der Waals surface area contributed by atoms with E-state index in [9.17, 15) is 19.2 Å². The first-order valence-electron chi connectivity index (χ1n) is 12.9. The highest BCUT2D eigenvalue weighted by Crippen LogP contribution is 2.40. The number of hydrogen-bond donors (Lipinski definition) is 2. The summed E-state index contributed by atoms with van der Waals surface area (Å²) < 4.78 is 11.8. The van der Waals surface area contributed by atoms with E-state index in [0.29, 0.717) is 31.2 Å². The van der Waals surface area contributed by atoms with Crippen LogP contribution in [0.4, 0.5) is 15.3 Å². The topological polar surface area (TPSA) is 117 Å². The van der Waals surface area contributed by atoms with Crippen LogP contribution < -0.4 is 15.4 Å². The maximum atomic E-state index is 13.4. The summed E-state index contributed by atoms with van der Waals surface area (Å²) in [6.07, 6.45) is 2.55. The fraction of sp³-hybridized carbons (Fsp3) is 0.481. The minimum atomic E-state index is -0.851. The van der Waals surface area contributed by atoms with Gasteiger partial charge >= 0.3 is 12.1 Å². The molecule has 5 amide bonds. The summed E-state index contributed by atoms with van der Waals surface area (Å²) >= 11 is 1.50. The van der Waals surface area contributed by atoms with Gasteiger partial charge in [0.15, 0.2) is 5.06 Å². The van der Waals surface area contributed by atoms with Crippen molar-refractivity contribution in [3.63, 3.8) is 0 Å². The van der Waals surface area contributed by atoms with Crippen LogP contribution in [0.15, 0.2) is 29.6 Å². The van der Waals surface area contributed by atoms with E-state index < -0.39 is 18.7 Å². The molecule has 5 rings (SSSR count). The fourth-order valence-electron chi connectivity index (χ4n) is 5.21. The number of imide groups is 1. The molecule has 1 aromatic heterocycles. The molecule has 3 unspecified atom stereocenters. The second-order valence-corrected chi connectivity index (χ2v) is 11.0. The van der Waals surface area contributed by atoms with Gasteiger partial charge < -0.3 is 25.0 Å². The molecule has 1 fully saturated rings. The van der Waals surface area contributed by atoms with Gasteiger partial charge in [-0.15, -0.1) is 11.3 Å². The third-order valence-electron chi connectivity index (χ3n) is 7.53. The van der Waals surface area contributed by atoms with Crippen molar-refractivity contribution in [3.8, 4) is 5.06 Å². The first kappa shape index (κ1) is 26.0. The number of carbonyl (C=O) groups excluding carboxylic acids is 4. The van der Waals surface area contributed by atoms with Crippen LogP contribution in [-0.2, 0) is 27.3 Å². The van der Waals surface area contributed by atoms with E-state index in [-0.39, 0.29) is 23.9 Å². The van der Waals surface area contributed by atoms with E-state index in [1.165, 1.54) is 11.3 Å². The van der Waals surface area contributed by atoms with Gasteiger partial charge in [0.2, 0.25) is 12.3 Å². The van der Waals surface area contributed by atoms with E-state index in [0.717, 1.165) is 52.3 Å². The predicted molar refractivity (Wildman–Crippen MR) is 141 cm³/mol. The number of fused-ring (bicyclic) bond motifs is 2. The van der Waals surface area contributed by atoms with Crippen molar-refractivity contribution in [2.24, 2.45) is 11.8 Å². The number of aryl methyl sites for hydroxylation is 1. The Morgan fingerprint density at radius 2 is 2.03 bits per heavy atom. The first-order valence-corrected chi connectivity index (χ1v) is 13.8. The summed E-state index contributed by atoms with van der Waals surface area (Å²) in [5.74, 6) is 0.0787. The molecule has 3 aliphatic rings. The lowest BCUT2D eigenvalue weighted by Gasteiger charge is -2.33. The number of carbonyl (C=O) groups is 4. The molecule has 202 valence electrons. The zero-order chi connectivity index (χ0) is 26.8. The lowest BCUT2D eigenvalue weighted by atomic mass is 9.82. The smallest absolute Gasteiger partial charge is 0.417 e. The van der Waals surface area contributed by atoms with E-state index >= 15 is 0 Å². The van der Waals surface area contributed by atoms with Gasteiger partial charge in [-0.1, -0.05) is 13.0 Å². The summed E-state index contributed by atoms with van der Waals surface area (Å²) in [6.45, 7) is 2.39. The van der Waals surface area contributed by atoms with Gasteiger partial charge in [-0.05, 0) is 72.2 Å². The number of urea groups is 1. The Balaban J connectivity index is 1.28. The molecular weight excluding hydrogens is 508 g/mol. The minimum absolute atomic E-state index is 0.0208. The molecule has 38 heavy (non-hydrogen) atoms. The molecule has 0 radical (unpaired) electrons. The van der Waals surface area contributed by atoms with Gasteiger partial charge in [0.1, 0.15) is 19.3 Å². The zero-order valence-electron chi connectivity index (χ0n) is 21.5. The number of hydrogen-bond acceptors (Lipinski definition) is 7. The monoisotopic (exact) mass is 540 g/mol. The molecule has 3 atom stereocenters. The number of thiophene rings is 1. The summed E-state index contributed by atoms with van der Waals surface area (Å²) in [5.41, 5.74) is 3.38. The number of benzene rings is 1. The molecule has 0 spiro atoms. The average molecular weight is 541 g/mol. The molecule has 2 aromatic rings. The summed E-state index contributed by atoms with van der Waals surface area (Å²) in [6, 6.07) is 7.00. The standard InChI is InChI=1S/C27H32N4O6S/c1-16-3-4-18-11-20(29-26(34)28-2)7-8-21(18)24(16)37-27(35)30(15-32)13-23(33)31-12-19-9-10-38-25(19)36-14-22(31)17-5-6-17/h7-11,15-17,22,24H,3-6,12-14H2,1-2H3,(H2,28,29,34). The van der Waals surface area contributed by atoms with Crippen molar-refractivity contribution in [2.75, 3.05) is 25.5 Å². The van der Waals surface area contributed by atoms with E-state index in [1.807, 2.05) is 30.5 Å². The van der Waals surface area contributed by atoms with Crippen molar-refractivity contribution >= 4 is 41.5 Å². The molecule has 10 nitrogen and oxygen atoms in total. The zero-order valence-corrected chi connectivity index (χ0v) is 22.3. The van der Waals surface area contributed by atoms with Gasteiger partial charge in [-0.25, -0.2) is 14.5 Å². The second kappa shape index (κ2) is 11.0. The number of amides is 5. The van der Waals surface area contributed by atoms with Crippen LogP contribution in [0.25, 0.3) is 0 Å². The van der Waals surface area contributed by atoms with Crippen LogP contribution in [0, 0.1) is 11.8 Å². The third kappa shape index (κ3) is 5.47. The highest BCUT2D eigenvalue weighted by Gasteiger charge is 2.41. The number of ether oxygens (including phenoxy) is 2. The molecule has 0 bridgehead atoms. The summed E-state index contributed by atoms with van der Waals surface area (Å²) in [7, 11) is 1.54. The lowest BCUT2D eigenvalue weighted by Crippen LogP contribution is -2.48. The highest BCUT2D eigenvalue weighted by molar-refractivity contribution is 7.12. The van der Waals surface area contributed by atoms with E-state index in [1.54, 1.807) is 18.0 Å². The third-order valence-corrected chi connectivity index (χ3v) is 8.40. The number of rotatable bonds is 6. The normalized spacial score (nSPS) is 22.2. The van der Waals surface area contributed by atoms with Crippen LogP contribution in [0.5, 0.6) is 5.06 Å². The molecule has 2 aliphatic carbocycles. The summed E-state index contributed by atoms with van der Waals surface area (Å²) in [5, 5.41) is 8.02. The molecule has 1 aliphatic heterocycles. The van der Waals surface area contributed by atoms with Crippen molar-refractivity contribution < 1.29 is 28.7 Å². The lowest BCUT2D eigenvalue weighted by molar-refractivity contribution is -0.138. The second-order valence-electron chi connectivity index (χ2n) is 10.1. The van der Waals surface area contributed by atoms with Gasteiger partial charge in [-0.2, -0.15) is 0 Å². The average Bonchev–Trinajstić information content (AvgIpc) is 3.69. The van der Waals surface area contributed by atoms with Crippen LogP contribution in [0.3, 0.4) is 0 Å². The van der Waals surface area contributed by atoms with Crippen LogP contribution >= 0.6 is 11.3 Å². The fourth-order valence-corrected chi connectivity index (χ4v) is 5.99. The highest BCUT2D eigenvalue weighted by atomic mass is 32.1. The number of anilines is 1. The van der Waals surface area contributed by atoms with Crippen LogP contribution in [-0.4, -0.2) is 60.5 Å². The van der Waals surface area contributed by atoms with Gasteiger partial charge in [0.25, 0.3) is 0 Å². The molecule has 1 saturated carbocycles. The van der Waals surface area contributed by atoms with Crippen molar-refractivity contribution in [3.05, 3.63) is 46.3 Å². The molecular formula is C27H32N4O6S. The summed E-state index contributed by atoms with van der Waals surface area (Å²) in [4.78, 5) is 52.8. The molecule has 2 heterocycles. The Hall–Kier alpha value is -3.60. The van der Waals surface area contributed by atoms with Gasteiger partial charge in [0, 0.05) is 18.3 Å². The van der Waals surface area contributed by atoms with E-state index in [2.05, 4.69) is 10.6 Å². The SMILES string of the molecule is CNC(=O)Nc1ccc2c(c1)CCC(C)C2OC(=O)N(C=O)CC(=O)N1Cc2ccsc2OCC1C1CC1. The Kier molecular flexibility index (Phi) is 7.55. The maximum absolute atomic E-state index is 13.4. The largest absolute Gasteiger partial charge is 0.482 e. The molecule has 2 N–H and O–H groups in total. The van der Waals surface area contributed by atoms with Crippen molar-refractivity contribution in [2.45, 2.75) is 51.3 Å². The van der Waals surface area contributed by atoms with E-state index in [4.69, 9.17) is 9.47 Å². The Morgan fingerprint density at radius 1 is 1.21 bits per heavy atom. The number of nitrogens with one attached hydrogen (secondary N) is 2. The van der Waals surface area contributed by atoms with Crippen LogP contribution in [0.1, 0.15) is 49.0 Å². The van der Waals surface area contributed by atoms with Crippen molar-refractivity contribution in [1.82, 2.24) is 15.1 Å². The maximum Gasteiger partial charge on any atom is 0.417 e. The van der Waals surface area contributed by atoms with Gasteiger partial charge in [-0.3, -0.25) is 9.59 Å². The van der Waals surface area contributed by atoms with Crippen LogP contribution in [0.2, 0.25) is 0 Å². The molecule has 11 heteroatoms. The Morgan fingerprint density at radius 3 is 2.76 bits per heavy atom.